The van der Waals surface area contributed by atoms with Gasteiger partial charge in [0.1, 0.15) is 46.0 Å². The molecule has 0 saturated carbocycles. The Kier molecular flexibility index (Phi) is 11.5. The first-order valence-electron chi connectivity index (χ1n) is 20.5. The molecular weight excluding hydrogens is 769 g/mol. The molecule has 0 atom stereocenters. The van der Waals surface area contributed by atoms with Gasteiger partial charge in [0.05, 0.1) is 0 Å². The van der Waals surface area contributed by atoms with E-state index < -0.39 is 10.8 Å². The average molecular weight is 817 g/mol. The molecule has 308 valence electrons. The van der Waals surface area contributed by atoms with Crippen LogP contribution in [0.4, 0.5) is 11.4 Å². The minimum atomic E-state index is -0.431. The summed E-state index contributed by atoms with van der Waals surface area (Å²) in [6.07, 6.45) is 0. The van der Waals surface area contributed by atoms with Crippen LogP contribution in [0.15, 0.2) is 194 Å². The minimum absolute atomic E-state index is 0.0428. The highest BCUT2D eigenvalue weighted by Gasteiger charge is 2.29. The summed E-state index contributed by atoms with van der Waals surface area (Å²) in [4.78, 5) is 13.8. The lowest BCUT2D eigenvalue weighted by atomic mass is 9.77. The molecule has 0 aliphatic rings. The van der Waals surface area contributed by atoms with E-state index in [-0.39, 0.29) is 5.78 Å². The molecule has 8 rings (SSSR count). The lowest BCUT2D eigenvalue weighted by Crippen LogP contribution is -2.20. The summed E-state index contributed by atoms with van der Waals surface area (Å²) in [6.45, 7) is 8.64. The number of anilines is 2. The molecule has 0 bridgehead atoms. The van der Waals surface area contributed by atoms with Crippen molar-refractivity contribution in [2.75, 3.05) is 11.5 Å². The Bertz CT molecular complexity index is 2580. The predicted molar refractivity (Wildman–Crippen MR) is 248 cm³/mol. The van der Waals surface area contributed by atoms with Gasteiger partial charge in [0, 0.05) is 44.5 Å². The van der Waals surface area contributed by atoms with Crippen molar-refractivity contribution in [1.29, 1.82) is 0 Å². The average Bonchev–Trinajstić information content (AvgIpc) is 3.29. The number of para-hydroxylation sites is 2. The van der Waals surface area contributed by atoms with Gasteiger partial charge in [-0.05, 0) is 120 Å². The fraction of sp³-hybridized carbons (Fsp3) is 0.109. The lowest BCUT2D eigenvalue weighted by molar-refractivity contribution is 0.103. The Morgan fingerprint density at radius 3 is 0.952 bits per heavy atom. The summed E-state index contributed by atoms with van der Waals surface area (Å²) in [6, 6.07) is 61.5. The van der Waals surface area contributed by atoms with Crippen molar-refractivity contribution in [3.8, 4) is 46.0 Å². The van der Waals surface area contributed by atoms with Crippen LogP contribution in [-0.2, 0) is 10.8 Å². The number of hydrogen-bond donors (Lipinski definition) is 2. The molecule has 0 amide bonds. The first-order valence-corrected chi connectivity index (χ1v) is 20.5. The fourth-order valence-electron chi connectivity index (χ4n) is 7.45. The molecule has 0 aliphatic heterocycles. The van der Waals surface area contributed by atoms with Crippen molar-refractivity contribution in [1.82, 2.24) is 0 Å². The highest BCUT2D eigenvalue weighted by atomic mass is 16.5. The topological polar surface area (TPSA) is 106 Å². The summed E-state index contributed by atoms with van der Waals surface area (Å²) in [5.74, 6) is 5.63. The highest BCUT2D eigenvalue weighted by Crippen LogP contribution is 2.41. The van der Waals surface area contributed by atoms with E-state index in [0.717, 1.165) is 33.8 Å². The Labute approximate surface area is 363 Å². The third-order valence-electron chi connectivity index (χ3n) is 11.2. The zero-order chi connectivity index (χ0) is 43.3. The van der Waals surface area contributed by atoms with Crippen molar-refractivity contribution < 1.29 is 23.7 Å². The van der Waals surface area contributed by atoms with E-state index in [1.165, 1.54) is 0 Å². The summed E-state index contributed by atoms with van der Waals surface area (Å²) < 4.78 is 24.8. The first kappa shape index (κ1) is 41.0. The molecule has 0 aromatic heterocycles. The highest BCUT2D eigenvalue weighted by molar-refractivity contribution is 6.09. The maximum Gasteiger partial charge on any atom is 0.193 e. The SMILES string of the molecule is CC(C)(c1ccc(C(=O)c2ccc(C(C)(C)c3ccccc3Oc3ccc(Oc4ccc(N)cc4)cc3)cc2)cc1)c1ccccc1Oc1ccc(Oc2ccc(N)cc2)cc1. The molecule has 8 aromatic carbocycles. The quantitative estimate of drug-likeness (QED) is 0.0831. The number of benzene rings is 8. The zero-order valence-corrected chi connectivity index (χ0v) is 35.2. The van der Waals surface area contributed by atoms with Crippen LogP contribution in [0.25, 0.3) is 0 Å². The normalized spacial score (nSPS) is 11.4. The molecule has 0 radical (unpaired) electrons. The van der Waals surface area contributed by atoms with Gasteiger partial charge in [-0.1, -0.05) is 113 Å². The van der Waals surface area contributed by atoms with Crippen LogP contribution < -0.4 is 30.4 Å². The van der Waals surface area contributed by atoms with Crippen LogP contribution in [0.2, 0.25) is 0 Å². The Morgan fingerprint density at radius 2 is 0.629 bits per heavy atom. The van der Waals surface area contributed by atoms with Crippen molar-refractivity contribution in [3.05, 3.63) is 228 Å². The number of ether oxygens (including phenoxy) is 4. The maximum atomic E-state index is 13.8. The first-order chi connectivity index (χ1) is 29.9. The van der Waals surface area contributed by atoms with Gasteiger partial charge in [0.15, 0.2) is 5.78 Å². The van der Waals surface area contributed by atoms with E-state index in [9.17, 15) is 4.79 Å². The number of carbonyl (C=O) groups excluding carboxylic acids is 1. The number of nitrogens with two attached hydrogens (primary N) is 2. The molecule has 0 fully saturated rings. The summed E-state index contributed by atoms with van der Waals surface area (Å²) in [7, 11) is 0. The van der Waals surface area contributed by atoms with E-state index in [1.54, 1.807) is 24.3 Å². The standard InChI is InChI=1S/C55H48N2O5/c1-54(2,49-9-5-7-11-51(49)61-47-33-29-45(30-34-47)59-43-25-21-41(56)22-26-43)39-17-13-37(14-18-39)53(58)38-15-19-40(20-16-38)55(3,4)50-10-6-8-12-52(50)62-48-35-31-46(32-36-48)60-44-27-23-42(57)24-28-44/h5-36H,56-57H2,1-4H3. The van der Waals surface area contributed by atoms with Gasteiger partial charge >= 0.3 is 0 Å². The van der Waals surface area contributed by atoms with Gasteiger partial charge in [-0.2, -0.15) is 0 Å². The van der Waals surface area contributed by atoms with E-state index in [1.807, 2.05) is 158 Å². The van der Waals surface area contributed by atoms with E-state index >= 15 is 0 Å². The summed E-state index contributed by atoms with van der Waals surface area (Å²) >= 11 is 0. The second-order valence-corrected chi connectivity index (χ2v) is 16.2. The Balaban J connectivity index is 0.928. The van der Waals surface area contributed by atoms with Crippen LogP contribution >= 0.6 is 0 Å². The van der Waals surface area contributed by atoms with E-state index in [4.69, 9.17) is 30.4 Å². The third-order valence-corrected chi connectivity index (χ3v) is 11.2. The van der Waals surface area contributed by atoms with Crippen LogP contribution in [0.1, 0.15) is 65.9 Å². The molecule has 7 heteroatoms. The van der Waals surface area contributed by atoms with E-state index in [2.05, 4.69) is 39.8 Å². The van der Waals surface area contributed by atoms with Crippen molar-refractivity contribution in [2.45, 2.75) is 38.5 Å². The fourth-order valence-corrected chi connectivity index (χ4v) is 7.45. The molecule has 4 N–H and O–H groups in total. The van der Waals surface area contributed by atoms with Gasteiger partial charge in [-0.15, -0.1) is 0 Å². The number of carbonyl (C=O) groups is 1. The molecular formula is C55H48N2O5. The third kappa shape index (κ3) is 9.18. The number of nitrogen functional groups attached to an aromatic ring is 2. The minimum Gasteiger partial charge on any atom is -0.457 e. The molecule has 0 unspecified atom stereocenters. The number of rotatable bonds is 14. The van der Waals surface area contributed by atoms with Crippen molar-refractivity contribution in [2.24, 2.45) is 0 Å². The van der Waals surface area contributed by atoms with Crippen LogP contribution in [-0.4, -0.2) is 5.78 Å². The van der Waals surface area contributed by atoms with Crippen LogP contribution in [0, 0.1) is 0 Å². The van der Waals surface area contributed by atoms with Gasteiger partial charge in [0.2, 0.25) is 0 Å². The molecule has 7 nitrogen and oxygen atoms in total. The van der Waals surface area contributed by atoms with Gasteiger partial charge in [0.25, 0.3) is 0 Å². The van der Waals surface area contributed by atoms with Gasteiger partial charge in [-0.25, -0.2) is 0 Å². The molecule has 0 saturated heterocycles. The van der Waals surface area contributed by atoms with Crippen LogP contribution in [0.5, 0.6) is 46.0 Å². The molecule has 62 heavy (non-hydrogen) atoms. The summed E-state index contributed by atoms with van der Waals surface area (Å²) in [5, 5.41) is 0. The second kappa shape index (κ2) is 17.4. The van der Waals surface area contributed by atoms with Crippen molar-refractivity contribution >= 4 is 17.2 Å². The van der Waals surface area contributed by atoms with Gasteiger partial charge < -0.3 is 30.4 Å². The molecule has 0 heterocycles. The predicted octanol–water partition coefficient (Wildman–Crippen LogP) is 13.9. The number of ketones is 1. The van der Waals surface area contributed by atoms with Crippen molar-refractivity contribution in [3.63, 3.8) is 0 Å². The Morgan fingerprint density at radius 1 is 0.355 bits per heavy atom. The van der Waals surface area contributed by atoms with Gasteiger partial charge in [-0.3, -0.25) is 4.79 Å². The monoisotopic (exact) mass is 816 g/mol. The maximum absolute atomic E-state index is 13.8. The molecule has 0 spiro atoms. The number of hydrogen-bond acceptors (Lipinski definition) is 7. The molecule has 8 aromatic rings. The smallest absolute Gasteiger partial charge is 0.193 e. The second-order valence-electron chi connectivity index (χ2n) is 16.2. The van der Waals surface area contributed by atoms with E-state index in [0.29, 0.717) is 57.0 Å². The Hall–Kier alpha value is -7.77. The zero-order valence-electron chi connectivity index (χ0n) is 35.2. The summed E-state index contributed by atoms with van der Waals surface area (Å²) in [5.41, 5.74) is 17.5. The largest absolute Gasteiger partial charge is 0.457 e. The lowest BCUT2D eigenvalue weighted by Gasteiger charge is -2.28. The molecule has 0 aliphatic carbocycles. The van der Waals surface area contributed by atoms with Crippen LogP contribution in [0.3, 0.4) is 0 Å².